The lowest BCUT2D eigenvalue weighted by Gasteiger charge is -2.22. The quantitative estimate of drug-likeness (QED) is 0.391. The summed E-state index contributed by atoms with van der Waals surface area (Å²) in [7, 11) is 0. The van der Waals surface area contributed by atoms with Crippen molar-refractivity contribution < 1.29 is 14.3 Å². The van der Waals surface area contributed by atoms with Crippen molar-refractivity contribution in [2.45, 2.75) is 38.6 Å². The Morgan fingerprint density at radius 2 is 1.62 bits per heavy atom. The summed E-state index contributed by atoms with van der Waals surface area (Å²) in [6.45, 7) is 5.24. The molecule has 3 heteroatoms. The Morgan fingerprint density at radius 1 is 1.04 bits per heavy atom. The highest BCUT2D eigenvalue weighted by Crippen LogP contribution is 2.14. The van der Waals surface area contributed by atoms with Crippen molar-refractivity contribution >= 4 is 5.97 Å². The zero-order valence-corrected chi connectivity index (χ0v) is 14.1. The van der Waals surface area contributed by atoms with Gasteiger partial charge in [0.25, 0.3) is 0 Å². The minimum absolute atomic E-state index is 0.201. The van der Waals surface area contributed by atoms with Crippen molar-refractivity contribution in [2.75, 3.05) is 0 Å². The van der Waals surface area contributed by atoms with E-state index in [4.69, 9.17) is 9.47 Å². The molecule has 0 spiro atoms. The van der Waals surface area contributed by atoms with Crippen LogP contribution < -0.4 is 0 Å². The summed E-state index contributed by atoms with van der Waals surface area (Å²) in [6.07, 6.45) is 3.08. The Labute approximate surface area is 143 Å². The van der Waals surface area contributed by atoms with Crippen LogP contribution in [0.3, 0.4) is 0 Å². The van der Waals surface area contributed by atoms with E-state index in [1.165, 1.54) is 12.5 Å². The first-order chi connectivity index (χ1) is 11.7. The van der Waals surface area contributed by atoms with Crippen LogP contribution in [0.2, 0.25) is 0 Å². The van der Waals surface area contributed by atoms with E-state index in [9.17, 15) is 4.79 Å². The minimum Gasteiger partial charge on any atom is -0.436 e. The van der Waals surface area contributed by atoms with E-state index in [2.05, 4.69) is 18.7 Å². The maximum absolute atomic E-state index is 11.4. The normalized spacial score (nSPS) is 13.0. The Bertz CT molecular complexity index is 622. The average molecular weight is 324 g/mol. The highest BCUT2D eigenvalue weighted by Gasteiger charge is 2.17. The molecule has 0 bridgehead atoms. The standard InChI is InChI=1S/C21H24O3/c1-3-20(16-19-12-8-5-9-13-19)24-21(23-17(2)22)15-14-18-10-6-4-7-11-18/h3-13,20-21H,1,14-16H2,2H3/t20-,21?/m1/s1. The molecule has 0 saturated heterocycles. The van der Waals surface area contributed by atoms with Crippen LogP contribution in [0.4, 0.5) is 0 Å². The third kappa shape index (κ3) is 6.39. The molecule has 2 aromatic rings. The highest BCUT2D eigenvalue weighted by molar-refractivity contribution is 5.66. The number of esters is 1. The molecule has 2 aromatic carbocycles. The number of carbonyl (C=O) groups excluding carboxylic acids is 1. The molecule has 1 unspecified atom stereocenters. The van der Waals surface area contributed by atoms with Gasteiger partial charge in [-0.2, -0.15) is 0 Å². The molecule has 0 N–H and O–H groups in total. The Morgan fingerprint density at radius 3 is 2.17 bits per heavy atom. The van der Waals surface area contributed by atoms with E-state index >= 15 is 0 Å². The predicted molar refractivity (Wildman–Crippen MR) is 95.5 cm³/mol. The van der Waals surface area contributed by atoms with Gasteiger partial charge in [0.2, 0.25) is 6.29 Å². The number of hydrogen-bond donors (Lipinski definition) is 0. The van der Waals surface area contributed by atoms with Crippen molar-refractivity contribution in [3.05, 3.63) is 84.4 Å². The summed E-state index contributed by atoms with van der Waals surface area (Å²) in [5.41, 5.74) is 2.35. The van der Waals surface area contributed by atoms with E-state index in [-0.39, 0.29) is 12.1 Å². The third-order valence-corrected chi connectivity index (χ3v) is 3.68. The first-order valence-corrected chi connectivity index (χ1v) is 8.20. The SMILES string of the molecule is C=C[C@H](Cc1ccccc1)OC(CCc1ccccc1)OC(C)=O. The van der Waals surface area contributed by atoms with Crippen LogP contribution in [0, 0.1) is 0 Å². The van der Waals surface area contributed by atoms with Crippen LogP contribution in [0.1, 0.15) is 24.5 Å². The van der Waals surface area contributed by atoms with Crippen molar-refractivity contribution in [2.24, 2.45) is 0 Å². The summed E-state index contributed by atoms with van der Waals surface area (Å²) in [6, 6.07) is 20.2. The topological polar surface area (TPSA) is 35.5 Å². The molecule has 0 aromatic heterocycles. The Balaban J connectivity index is 1.95. The Kier molecular flexibility index (Phi) is 7.24. The van der Waals surface area contributed by atoms with Crippen LogP contribution in [0.5, 0.6) is 0 Å². The maximum Gasteiger partial charge on any atom is 0.304 e. The summed E-state index contributed by atoms with van der Waals surface area (Å²) in [4.78, 5) is 11.4. The molecule has 2 atom stereocenters. The second kappa shape index (κ2) is 9.68. The molecule has 3 nitrogen and oxygen atoms in total. The number of rotatable bonds is 9. The summed E-state index contributed by atoms with van der Waals surface area (Å²) in [5.74, 6) is -0.337. The van der Waals surface area contributed by atoms with Gasteiger partial charge in [0.05, 0.1) is 6.10 Å². The largest absolute Gasteiger partial charge is 0.436 e. The molecule has 0 aliphatic carbocycles. The molecule has 2 rings (SSSR count). The monoisotopic (exact) mass is 324 g/mol. The van der Waals surface area contributed by atoms with Crippen LogP contribution in [-0.2, 0) is 27.1 Å². The minimum atomic E-state index is -0.575. The van der Waals surface area contributed by atoms with Gasteiger partial charge in [-0.05, 0) is 17.5 Å². The second-order valence-corrected chi connectivity index (χ2v) is 5.66. The average Bonchev–Trinajstić information content (AvgIpc) is 2.60. The van der Waals surface area contributed by atoms with Crippen molar-refractivity contribution in [1.29, 1.82) is 0 Å². The van der Waals surface area contributed by atoms with Crippen LogP contribution in [0.15, 0.2) is 73.3 Å². The number of benzene rings is 2. The van der Waals surface area contributed by atoms with Gasteiger partial charge >= 0.3 is 5.97 Å². The summed E-state index contributed by atoms with van der Waals surface area (Å²) < 4.78 is 11.3. The van der Waals surface area contributed by atoms with E-state index in [0.717, 1.165) is 12.0 Å². The van der Waals surface area contributed by atoms with Gasteiger partial charge in [-0.3, -0.25) is 4.79 Å². The maximum atomic E-state index is 11.4. The molecule has 24 heavy (non-hydrogen) atoms. The fraction of sp³-hybridized carbons (Fsp3) is 0.286. The third-order valence-electron chi connectivity index (χ3n) is 3.68. The summed E-state index contributed by atoms with van der Waals surface area (Å²) in [5, 5.41) is 0. The summed E-state index contributed by atoms with van der Waals surface area (Å²) >= 11 is 0. The van der Waals surface area contributed by atoms with Crippen molar-refractivity contribution in [1.82, 2.24) is 0 Å². The molecular weight excluding hydrogens is 300 g/mol. The van der Waals surface area contributed by atoms with Gasteiger partial charge in [0, 0.05) is 19.8 Å². The molecule has 0 saturated carbocycles. The number of ether oxygens (including phenoxy) is 2. The van der Waals surface area contributed by atoms with Gasteiger partial charge in [-0.15, -0.1) is 6.58 Å². The number of hydrogen-bond acceptors (Lipinski definition) is 3. The first kappa shape index (κ1) is 18.0. The fourth-order valence-corrected chi connectivity index (χ4v) is 2.50. The van der Waals surface area contributed by atoms with Crippen LogP contribution in [0.25, 0.3) is 0 Å². The molecule has 0 aliphatic rings. The molecule has 0 radical (unpaired) electrons. The zero-order valence-electron chi connectivity index (χ0n) is 14.1. The molecular formula is C21H24O3. The fourth-order valence-electron chi connectivity index (χ4n) is 2.50. The molecule has 0 heterocycles. The van der Waals surface area contributed by atoms with Crippen molar-refractivity contribution in [3.63, 3.8) is 0 Å². The van der Waals surface area contributed by atoms with E-state index in [0.29, 0.717) is 12.8 Å². The van der Waals surface area contributed by atoms with E-state index in [1.54, 1.807) is 6.08 Å². The number of aryl methyl sites for hydroxylation is 1. The second-order valence-electron chi connectivity index (χ2n) is 5.66. The van der Waals surface area contributed by atoms with Gasteiger partial charge in [-0.25, -0.2) is 0 Å². The zero-order chi connectivity index (χ0) is 17.2. The highest BCUT2D eigenvalue weighted by atomic mass is 16.7. The molecule has 126 valence electrons. The molecule has 0 aliphatic heterocycles. The van der Waals surface area contributed by atoms with Gasteiger partial charge in [-0.1, -0.05) is 66.7 Å². The molecule has 0 amide bonds. The van der Waals surface area contributed by atoms with E-state index in [1.807, 2.05) is 48.5 Å². The first-order valence-electron chi connectivity index (χ1n) is 8.20. The molecule has 0 fully saturated rings. The predicted octanol–water partition coefficient (Wildman–Crippen LogP) is 4.32. The lowest BCUT2D eigenvalue weighted by atomic mass is 10.1. The van der Waals surface area contributed by atoms with E-state index < -0.39 is 6.29 Å². The van der Waals surface area contributed by atoms with Crippen molar-refractivity contribution in [3.8, 4) is 0 Å². The van der Waals surface area contributed by atoms with Gasteiger partial charge < -0.3 is 9.47 Å². The van der Waals surface area contributed by atoms with Gasteiger partial charge in [0.15, 0.2) is 0 Å². The lowest BCUT2D eigenvalue weighted by Crippen LogP contribution is -2.27. The number of carbonyl (C=O) groups is 1. The van der Waals surface area contributed by atoms with Crippen LogP contribution >= 0.6 is 0 Å². The lowest BCUT2D eigenvalue weighted by molar-refractivity contribution is -0.184. The van der Waals surface area contributed by atoms with Gasteiger partial charge in [0.1, 0.15) is 0 Å². The Hall–Kier alpha value is -2.39. The van der Waals surface area contributed by atoms with Crippen LogP contribution in [-0.4, -0.2) is 18.4 Å². The smallest absolute Gasteiger partial charge is 0.304 e.